The lowest BCUT2D eigenvalue weighted by Gasteiger charge is -2.68. The molecule has 1 saturated heterocycles. The number of rotatable bonds is 9. The van der Waals surface area contributed by atoms with Gasteiger partial charge in [-0.25, -0.2) is 0 Å². The molecule has 298 valence electrons. The van der Waals surface area contributed by atoms with E-state index in [1.807, 2.05) is 25.2 Å². The van der Waals surface area contributed by atoms with Crippen LogP contribution in [0.5, 0.6) is 5.75 Å². The third-order valence-electron chi connectivity index (χ3n) is 17.2. The quantitative estimate of drug-likeness (QED) is 0.149. The number of fused-ring (bicyclic) bond motifs is 5. The van der Waals surface area contributed by atoms with Crippen molar-refractivity contribution in [1.82, 2.24) is 5.32 Å². The Kier molecular flexibility index (Phi) is 9.38. The summed E-state index contributed by atoms with van der Waals surface area (Å²) in [4.78, 5) is 28.8. The van der Waals surface area contributed by atoms with E-state index in [1.54, 1.807) is 6.07 Å². The number of carbonyl (C=O) groups is 2. The highest BCUT2D eigenvalue weighted by atomic mass is 16.6. The minimum Gasteiger partial charge on any atom is -0.508 e. The van der Waals surface area contributed by atoms with Crippen molar-refractivity contribution < 1.29 is 24.5 Å². The minimum absolute atomic E-state index is 0.0543. The molecule has 6 aliphatic rings. The van der Waals surface area contributed by atoms with Crippen LogP contribution >= 0.6 is 0 Å². The van der Waals surface area contributed by atoms with E-state index in [0.717, 1.165) is 73.8 Å². The summed E-state index contributed by atoms with van der Waals surface area (Å²) in [5.41, 5.74) is 11.1. The fourth-order valence-electron chi connectivity index (χ4n) is 14.6. The number of nitrogens with one attached hydrogen (secondary N) is 1. The van der Waals surface area contributed by atoms with Crippen molar-refractivity contribution in [3.8, 4) is 5.75 Å². The number of ketones is 2. The molecule has 0 bridgehead atoms. The smallest absolute Gasteiger partial charge is 0.159 e. The first-order chi connectivity index (χ1) is 25.9. The van der Waals surface area contributed by atoms with E-state index in [4.69, 9.17) is 10.5 Å². The first-order valence-corrected chi connectivity index (χ1v) is 21.4. The van der Waals surface area contributed by atoms with Crippen molar-refractivity contribution in [3.05, 3.63) is 70.3 Å². The number of nitrogens with two attached hydrogens (primary N) is 1. The van der Waals surface area contributed by atoms with Crippen LogP contribution in [0.4, 0.5) is 5.69 Å². The second-order valence-corrected chi connectivity index (χ2v) is 20.5. The van der Waals surface area contributed by atoms with Gasteiger partial charge in [-0.15, -0.1) is 0 Å². The van der Waals surface area contributed by atoms with Gasteiger partial charge >= 0.3 is 0 Å². The van der Waals surface area contributed by atoms with Gasteiger partial charge in [-0.1, -0.05) is 71.7 Å². The van der Waals surface area contributed by atoms with Gasteiger partial charge in [0.15, 0.2) is 5.78 Å². The summed E-state index contributed by atoms with van der Waals surface area (Å²) in [6.07, 6.45) is 8.13. The summed E-state index contributed by atoms with van der Waals surface area (Å²) in [5.74, 6) is 1.73. The number of Topliss-reactive ketones (excluding diaryl/α,β-unsaturated/α-hetero) is 2. The molecule has 55 heavy (non-hydrogen) atoms. The molecule has 0 spiro atoms. The molecular formula is C48H66N2O5. The number of hydrogen-bond donors (Lipinski definition) is 4. The predicted octanol–water partition coefficient (Wildman–Crippen LogP) is 9.01. The Hall–Kier alpha value is -3.00. The lowest BCUT2D eigenvalue weighted by molar-refractivity contribution is -0.183. The van der Waals surface area contributed by atoms with Gasteiger partial charge in [-0.2, -0.15) is 0 Å². The molecule has 2 aromatic carbocycles. The number of phenolic OH excluding ortho intramolecular Hbond substituents is 1. The van der Waals surface area contributed by atoms with Gasteiger partial charge in [0.25, 0.3) is 0 Å². The summed E-state index contributed by atoms with van der Waals surface area (Å²) in [5, 5.41) is 25.7. The predicted molar refractivity (Wildman–Crippen MR) is 217 cm³/mol. The maximum Gasteiger partial charge on any atom is 0.159 e. The summed E-state index contributed by atoms with van der Waals surface area (Å²) >= 11 is 0. The topological polar surface area (TPSA) is 125 Å². The zero-order valence-electron chi connectivity index (χ0n) is 34.6. The number of aromatic hydroxyl groups is 1. The Morgan fingerprint density at radius 1 is 0.964 bits per heavy atom. The van der Waals surface area contributed by atoms with Gasteiger partial charge in [0.05, 0.1) is 11.7 Å². The number of ether oxygens (including phenoxy) is 1. The van der Waals surface area contributed by atoms with E-state index < -0.39 is 11.5 Å². The van der Waals surface area contributed by atoms with Crippen LogP contribution in [0.3, 0.4) is 0 Å². The van der Waals surface area contributed by atoms with E-state index >= 15 is 0 Å². The summed E-state index contributed by atoms with van der Waals surface area (Å²) in [6.45, 7) is 16.6. The Morgan fingerprint density at radius 2 is 1.73 bits per heavy atom. The molecule has 8 rings (SSSR count). The van der Waals surface area contributed by atoms with Gasteiger partial charge < -0.3 is 26.0 Å². The van der Waals surface area contributed by atoms with Crippen molar-refractivity contribution in [2.75, 3.05) is 12.8 Å². The number of aliphatic hydroxyl groups excluding tert-OH is 1. The van der Waals surface area contributed by atoms with Crippen LogP contribution in [0, 0.1) is 45.3 Å². The van der Waals surface area contributed by atoms with E-state index in [1.165, 1.54) is 11.1 Å². The van der Waals surface area contributed by atoms with Crippen molar-refractivity contribution in [1.29, 1.82) is 0 Å². The van der Waals surface area contributed by atoms with Crippen LogP contribution in [0.2, 0.25) is 0 Å². The zero-order valence-corrected chi connectivity index (χ0v) is 34.6. The largest absolute Gasteiger partial charge is 0.508 e. The first-order valence-electron chi connectivity index (χ1n) is 21.4. The van der Waals surface area contributed by atoms with Crippen LogP contribution in [-0.2, 0) is 20.9 Å². The van der Waals surface area contributed by atoms with Gasteiger partial charge in [0.2, 0.25) is 0 Å². The molecule has 1 heterocycles. The molecule has 5 N–H and O–H groups in total. The number of phenols is 1. The summed E-state index contributed by atoms with van der Waals surface area (Å²) < 4.78 is 6.46. The highest BCUT2D eigenvalue weighted by Crippen LogP contribution is 2.75. The number of nitrogen functional groups attached to an aromatic ring is 1. The minimum atomic E-state index is -0.638. The number of hydrogen-bond acceptors (Lipinski definition) is 7. The van der Waals surface area contributed by atoms with Gasteiger partial charge in [0.1, 0.15) is 17.6 Å². The molecule has 2 aromatic rings. The Bertz CT molecular complexity index is 1920. The number of allylic oxidation sites excluding steroid dienone is 2. The van der Waals surface area contributed by atoms with Gasteiger partial charge in [0, 0.05) is 35.4 Å². The first kappa shape index (κ1) is 38.9. The van der Waals surface area contributed by atoms with Gasteiger partial charge in [-0.05, 0) is 152 Å². The second-order valence-electron chi connectivity index (χ2n) is 20.5. The molecule has 5 fully saturated rings. The van der Waals surface area contributed by atoms with E-state index in [2.05, 4.69) is 72.0 Å². The maximum absolute atomic E-state index is 14.4. The molecule has 1 aliphatic heterocycles. The van der Waals surface area contributed by atoms with Crippen LogP contribution in [0.1, 0.15) is 141 Å². The van der Waals surface area contributed by atoms with Crippen LogP contribution in [0.25, 0.3) is 0 Å². The molecule has 0 unspecified atom stereocenters. The van der Waals surface area contributed by atoms with Crippen LogP contribution < -0.4 is 11.1 Å². The number of anilines is 1. The molecule has 12 atom stereocenters. The third-order valence-corrected chi connectivity index (χ3v) is 17.2. The van der Waals surface area contributed by atoms with E-state index in [0.29, 0.717) is 37.1 Å². The number of aliphatic hydroxyl groups is 1. The molecule has 0 amide bonds. The Morgan fingerprint density at radius 3 is 2.45 bits per heavy atom. The Labute approximate surface area is 329 Å². The second kappa shape index (κ2) is 13.3. The Balaban J connectivity index is 1.04. The number of epoxide rings is 1. The van der Waals surface area contributed by atoms with Crippen molar-refractivity contribution in [2.45, 2.75) is 149 Å². The van der Waals surface area contributed by atoms with Crippen molar-refractivity contribution in [3.63, 3.8) is 0 Å². The zero-order chi connectivity index (χ0) is 39.5. The molecular weight excluding hydrogens is 685 g/mol. The fourth-order valence-corrected chi connectivity index (χ4v) is 14.6. The van der Waals surface area contributed by atoms with E-state index in [9.17, 15) is 19.8 Å². The van der Waals surface area contributed by atoms with Gasteiger partial charge in [-0.3, -0.25) is 9.59 Å². The highest BCUT2D eigenvalue weighted by Gasteiger charge is 2.69. The fraction of sp³-hybridized carbons (Fsp3) is 0.667. The third kappa shape index (κ3) is 5.82. The average Bonchev–Trinajstić information content (AvgIpc) is 3.42. The molecule has 5 aliphatic carbocycles. The monoisotopic (exact) mass is 750 g/mol. The molecule has 7 heteroatoms. The normalized spacial score (nSPS) is 40.4. The highest BCUT2D eigenvalue weighted by molar-refractivity contribution is 6.00. The molecule has 4 saturated carbocycles. The van der Waals surface area contributed by atoms with E-state index in [-0.39, 0.29) is 63.0 Å². The molecule has 7 nitrogen and oxygen atoms in total. The summed E-state index contributed by atoms with van der Waals surface area (Å²) in [6, 6.07) is 14.0. The average molecular weight is 751 g/mol. The van der Waals surface area contributed by atoms with Crippen LogP contribution in [0.15, 0.2) is 53.6 Å². The van der Waals surface area contributed by atoms with Crippen molar-refractivity contribution in [2.24, 2.45) is 45.3 Å². The van der Waals surface area contributed by atoms with Crippen LogP contribution in [-0.4, -0.2) is 46.6 Å². The van der Waals surface area contributed by atoms with Crippen molar-refractivity contribution >= 4 is 17.3 Å². The molecule has 0 aromatic heterocycles. The SMILES string of the molecule is CNCc1cc(O)cc([C@@H]2C[C@@]3(C)[C@H]4CCC5=C([C@H](C)C[C@@H](O)[C@H]6O[C@]6(C)[C@@H]6CCC[C@H]6c6cccc(N)c6)C(=O)C[C@]5(C)[C@@]4(C)CC[C@H]3C(C)(C)C2=O)c1. The standard InChI is InChI=1S/C48H66N2O5/c1-27(19-37(52)43-48(7,55-43)35-14-10-13-33(35)29-11-9-12-31(49)22-29)41-36-15-16-40-45(4)24-34(30-20-28(26-50-8)21-32(51)23-30)42(54)44(2,3)39(45)17-18-46(40,5)47(36,6)25-38(41)53/h9,11-12,20-23,27,33-35,37,39-40,43,50-52H,10,13-19,24-26,49H2,1-8H3/t27-,33+,34+,35-,37-,39+,40-,43-,45-,46+,47+,48-/m1/s1. The molecule has 0 radical (unpaired) electrons. The lowest BCUT2D eigenvalue weighted by atomic mass is 9.35. The number of carbonyl (C=O) groups excluding carboxylic acids is 2. The number of benzene rings is 2. The maximum atomic E-state index is 14.4. The summed E-state index contributed by atoms with van der Waals surface area (Å²) in [7, 11) is 1.90. The lowest BCUT2D eigenvalue weighted by Crippen LogP contribution is -2.63.